The lowest BCUT2D eigenvalue weighted by molar-refractivity contribution is 0.0996. The molecule has 5 N–H and O–H groups in total. The Labute approximate surface area is 205 Å². The van der Waals surface area contributed by atoms with Gasteiger partial charge in [0.1, 0.15) is 0 Å². The zero-order chi connectivity index (χ0) is 24.4. The highest BCUT2D eigenvalue weighted by Gasteiger charge is 2.39. The number of nitrogens with one attached hydrogen (secondary N) is 3. The van der Waals surface area contributed by atoms with Crippen LogP contribution in [0.25, 0.3) is 0 Å². The maximum atomic E-state index is 12.7. The van der Waals surface area contributed by atoms with Gasteiger partial charge in [0.25, 0.3) is 5.91 Å². The molecule has 1 aromatic heterocycles. The first-order valence-electron chi connectivity index (χ1n) is 12.5. The minimum absolute atomic E-state index is 0.0176. The maximum absolute atomic E-state index is 12.7. The van der Waals surface area contributed by atoms with Gasteiger partial charge in [-0.1, -0.05) is 12.1 Å². The first kappa shape index (κ1) is 23.5. The summed E-state index contributed by atoms with van der Waals surface area (Å²) in [5.41, 5.74) is 8.65. The van der Waals surface area contributed by atoms with Gasteiger partial charge in [0.15, 0.2) is 11.5 Å². The van der Waals surface area contributed by atoms with Gasteiger partial charge in [-0.3, -0.25) is 4.79 Å². The van der Waals surface area contributed by atoms with Crippen LogP contribution in [0.1, 0.15) is 52.8 Å². The Morgan fingerprint density at radius 2 is 1.83 bits per heavy atom. The summed E-state index contributed by atoms with van der Waals surface area (Å²) < 4.78 is 0. The first-order valence-corrected chi connectivity index (χ1v) is 12.5. The van der Waals surface area contributed by atoms with Gasteiger partial charge in [-0.05, 0) is 62.5 Å². The number of carbonyl (C=O) groups is 2. The normalized spacial score (nSPS) is 23.5. The number of hydrogen-bond donors (Lipinski definition) is 4. The van der Waals surface area contributed by atoms with E-state index in [9.17, 15) is 9.59 Å². The smallest absolute Gasteiger partial charge is 0.320 e. The topological polar surface area (TPSA) is 129 Å². The Morgan fingerprint density at radius 1 is 1.09 bits per heavy atom. The summed E-state index contributed by atoms with van der Waals surface area (Å²) in [5.74, 6) is 0.311. The SMILES string of the molecule is CN1CCN([C@H]2CNCCC2c2cnc(C(N)=O)c(Nc3ccc(C4CCNCC4)cc3)n2)C1=O. The van der Waals surface area contributed by atoms with Crippen molar-refractivity contribution in [3.63, 3.8) is 0 Å². The number of amides is 3. The fourth-order valence-electron chi connectivity index (χ4n) is 5.47. The molecule has 1 unspecified atom stereocenters. The molecule has 2 atom stereocenters. The van der Waals surface area contributed by atoms with Gasteiger partial charge in [0, 0.05) is 44.5 Å². The van der Waals surface area contributed by atoms with Crippen molar-refractivity contribution < 1.29 is 9.59 Å². The zero-order valence-electron chi connectivity index (χ0n) is 20.2. The summed E-state index contributed by atoms with van der Waals surface area (Å²) in [6.45, 7) is 5.04. The van der Waals surface area contributed by atoms with Crippen molar-refractivity contribution in [3.8, 4) is 0 Å². The molecule has 3 aliphatic rings. The van der Waals surface area contributed by atoms with Crippen LogP contribution in [0.2, 0.25) is 0 Å². The highest BCUT2D eigenvalue weighted by molar-refractivity contribution is 5.96. The van der Waals surface area contributed by atoms with Crippen molar-refractivity contribution in [3.05, 3.63) is 47.4 Å². The van der Waals surface area contributed by atoms with E-state index in [1.54, 1.807) is 11.1 Å². The number of primary amides is 1. The number of likely N-dealkylation sites (N-methyl/N-ethyl adjacent to an activating group) is 1. The van der Waals surface area contributed by atoms with Crippen molar-refractivity contribution >= 4 is 23.4 Å². The minimum atomic E-state index is -0.629. The van der Waals surface area contributed by atoms with Crippen LogP contribution in [0.15, 0.2) is 30.5 Å². The second-order valence-corrected chi connectivity index (χ2v) is 9.69. The van der Waals surface area contributed by atoms with Crippen molar-refractivity contribution in [1.82, 2.24) is 30.4 Å². The number of nitrogens with two attached hydrogens (primary N) is 1. The molecule has 0 radical (unpaired) electrons. The van der Waals surface area contributed by atoms with Crippen LogP contribution in [-0.4, -0.2) is 84.1 Å². The van der Waals surface area contributed by atoms with Gasteiger partial charge in [-0.25, -0.2) is 14.8 Å². The summed E-state index contributed by atoms with van der Waals surface area (Å²) in [5, 5.41) is 10.1. The average molecular weight is 479 g/mol. The van der Waals surface area contributed by atoms with Crippen molar-refractivity contribution in [2.75, 3.05) is 51.6 Å². The van der Waals surface area contributed by atoms with E-state index in [1.807, 2.05) is 24.1 Å². The second kappa shape index (κ2) is 10.2. The van der Waals surface area contributed by atoms with Crippen LogP contribution in [0.5, 0.6) is 0 Å². The molecule has 3 saturated heterocycles. The summed E-state index contributed by atoms with van der Waals surface area (Å²) in [6.07, 6.45) is 4.74. The van der Waals surface area contributed by atoms with Gasteiger partial charge < -0.3 is 31.5 Å². The number of benzene rings is 1. The molecule has 3 amide bonds. The monoisotopic (exact) mass is 478 g/mol. The molecule has 0 aliphatic carbocycles. The lowest BCUT2D eigenvalue weighted by Gasteiger charge is -2.37. The van der Waals surface area contributed by atoms with E-state index in [4.69, 9.17) is 10.7 Å². The van der Waals surface area contributed by atoms with Crippen LogP contribution >= 0.6 is 0 Å². The third-order valence-corrected chi connectivity index (χ3v) is 7.49. The van der Waals surface area contributed by atoms with Crippen LogP contribution in [0.4, 0.5) is 16.3 Å². The number of piperidine rings is 2. The van der Waals surface area contributed by atoms with Crippen LogP contribution < -0.4 is 21.7 Å². The van der Waals surface area contributed by atoms with E-state index < -0.39 is 5.91 Å². The zero-order valence-corrected chi connectivity index (χ0v) is 20.2. The Kier molecular flexibility index (Phi) is 6.83. The van der Waals surface area contributed by atoms with E-state index in [0.717, 1.165) is 50.3 Å². The molecular weight excluding hydrogens is 444 g/mol. The third kappa shape index (κ3) is 4.94. The largest absolute Gasteiger partial charge is 0.364 e. The molecule has 1 aromatic carbocycles. The number of nitrogens with zero attached hydrogens (tertiary/aromatic N) is 4. The predicted octanol–water partition coefficient (Wildman–Crippen LogP) is 1.60. The summed E-state index contributed by atoms with van der Waals surface area (Å²) in [4.78, 5) is 37.7. The van der Waals surface area contributed by atoms with Gasteiger partial charge in [0.2, 0.25) is 0 Å². The average Bonchev–Trinajstić information content (AvgIpc) is 3.22. The fraction of sp³-hybridized carbons (Fsp3) is 0.520. The molecule has 10 heteroatoms. The fourth-order valence-corrected chi connectivity index (χ4v) is 5.47. The maximum Gasteiger partial charge on any atom is 0.320 e. The standard InChI is InChI=1S/C25H34N8O2/c1-32-12-13-33(25(32)35)21-15-28-11-8-19(21)20-14-29-22(23(26)34)24(31-20)30-18-4-2-16(3-5-18)17-6-9-27-10-7-17/h2-5,14,17,19,21,27-28H,6-13,15H2,1H3,(H2,26,34)(H,30,31)/t19?,21-/m0/s1. The Balaban J connectivity index is 1.39. The summed E-state index contributed by atoms with van der Waals surface area (Å²) in [6, 6.07) is 8.32. The highest BCUT2D eigenvalue weighted by atomic mass is 16.2. The predicted molar refractivity (Wildman–Crippen MR) is 134 cm³/mol. The van der Waals surface area contributed by atoms with Gasteiger partial charge in [-0.2, -0.15) is 0 Å². The van der Waals surface area contributed by atoms with Gasteiger partial charge in [0.05, 0.1) is 11.7 Å². The molecule has 2 aromatic rings. The molecule has 35 heavy (non-hydrogen) atoms. The number of aromatic nitrogens is 2. The van der Waals surface area contributed by atoms with E-state index in [2.05, 4.69) is 33.1 Å². The molecule has 3 aliphatic heterocycles. The van der Waals surface area contributed by atoms with E-state index in [0.29, 0.717) is 31.4 Å². The highest BCUT2D eigenvalue weighted by Crippen LogP contribution is 2.32. The first-order chi connectivity index (χ1) is 17.0. The summed E-state index contributed by atoms with van der Waals surface area (Å²) >= 11 is 0. The van der Waals surface area contributed by atoms with Gasteiger partial charge in [-0.15, -0.1) is 0 Å². The molecule has 186 valence electrons. The number of urea groups is 1. The number of anilines is 2. The number of rotatable bonds is 6. The van der Waals surface area contributed by atoms with Crippen molar-refractivity contribution in [2.45, 2.75) is 37.1 Å². The lowest BCUT2D eigenvalue weighted by atomic mass is 9.88. The second-order valence-electron chi connectivity index (χ2n) is 9.69. The van der Waals surface area contributed by atoms with Crippen molar-refractivity contribution in [1.29, 1.82) is 0 Å². The molecule has 3 fully saturated rings. The van der Waals surface area contributed by atoms with Crippen LogP contribution in [0.3, 0.4) is 0 Å². The Bertz CT molecular complexity index is 1070. The molecular formula is C25H34N8O2. The molecule has 5 rings (SSSR count). The van der Waals surface area contributed by atoms with Gasteiger partial charge >= 0.3 is 6.03 Å². The van der Waals surface area contributed by atoms with Crippen molar-refractivity contribution in [2.24, 2.45) is 5.73 Å². The summed E-state index contributed by atoms with van der Waals surface area (Å²) in [7, 11) is 1.83. The number of carbonyl (C=O) groups excluding carboxylic acids is 2. The van der Waals surface area contributed by atoms with E-state index in [-0.39, 0.29) is 23.7 Å². The molecule has 4 heterocycles. The quantitative estimate of drug-likeness (QED) is 0.496. The molecule has 0 bridgehead atoms. The minimum Gasteiger partial charge on any atom is -0.364 e. The Morgan fingerprint density at radius 3 is 2.51 bits per heavy atom. The van der Waals surface area contributed by atoms with Crippen LogP contribution in [-0.2, 0) is 0 Å². The molecule has 0 saturated carbocycles. The number of hydrogen-bond acceptors (Lipinski definition) is 7. The Hall–Kier alpha value is -3.24. The lowest BCUT2D eigenvalue weighted by Crippen LogP contribution is -2.51. The molecule has 0 spiro atoms. The third-order valence-electron chi connectivity index (χ3n) is 7.49. The molecule has 10 nitrogen and oxygen atoms in total. The van der Waals surface area contributed by atoms with Crippen LogP contribution in [0, 0.1) is 0 Å². The van der Waals surface area contributed by atoms with E-state index in [1.165, 1.54) is 5.56 Å². The van der Waals surface area contributed by atoms with E-state index >= 15 is 0 Å².